The topological polar surface area (TPSA) is 81.8 Å². The van der Waals surface area contributed by atoms with Crippen LogP contribution in [0.15, 0.2) is 16.6 Å². The highest BCUT2D eigenvalue weighted by atomic mass is 79.9. The van der Waals surface area contributed by atoms with E-state index in [-0.39, 0.29) is 0 Å². The van der Waals surface area contributed by atoms with Gasteiger partial charge in [-0.1, -0.05) is 0 Å². The van der Waals surface area contributed by atoms with Gasteiger partial charge in [0.05, 0.1) is 18.7 Å². The minimum Gasteiger partial charge on any atom is -0.496 e. The van der Waals surface area contributed by atoms with Crippen LogP contribution in [0.5, 0.6) is 11.5 Å². The van der Waals surface area contributed by atoms with Gasteiger partial charge in [-0.3, -0.25) is 4.79 Å². The van der Waals surface area contributed by atoms with Crippen molar-refractivity contribution in [3.05, 3.63) is 22.2 Å². The Morgan fingerprint density at radius 1 is 1.33 bits per heavy atom. The predicted octanol–water partition coefficient (Wildman–Crippen LogP) is 2.06. The predicted molar refractivity (Wildman–Crippen MR) is 73.3 cm³/mol. The van der Waals surface area contributed by atoms with Crippen LogP contribution in [-0.2, 0) is 11.2 Å². The molecule has 0 radical (unpaired) electrons. The fraction of sp³-hybridized carbons (Fsp3) is 0.417. The normalized spacial score (nSPS) is 9.17. The van der Waals surface area contributed by atoms with Crippen molar-refractivity contribution in [1.82, 2.24) is 0 Å². The third-order valence-electron chi connectivity index (χ3n) is 1.97. The SMILES string of the molecule is CC(=O)O.COc1cc(CCN)c(OC)cc1Br. The lowest BCUT2D eigenvalue weighted by Gasteiger charge is -2.11. The molecule has 6 heteroatoms. The van der Waals surface area contributed by atoms with Crippen molar-refractivity contribution in [1.29, 1.82) is 0 Å². The molecule has 18 heavy (non-hydrogen) atoms. The minimum atomic E-state index is -0.833. The summed E-state index contributed by atoms with van der Waals surface area (Å²) in [6.07, 6.45) is 0.785. The van der Waals surface area contributed by atoms with Crippen LogP contribution in [0.1, 0.15) is 12.5 Å². The van der Waals surface area contributed by atoms with Crippen LogP contribution >= 0.6 is 15.9 Å². The van der Waals surface area contributed by atoms with E-state index < -0.39 is 5.97 Å². The van der Waals surface area contributed by atoms with Crippen LogP contribution in [0.4, 0.5) is 0 Å². The Balaban J connectivity index is 0.000000631. The van der Waals surface area contributed by atoms with Crippen molar-refractivity contribution in [2.24, 2.45) is 5.73 Å². The quantitative estimate of drug-likeness (QED) is 0.887. The molecule has 0 bridgehead atoms. The number of carboxylic acids is 1. The zero-order valence-corrected chi connectivity index (χ0v) is 12.3. The molecule has 0 spiro atoms. The summed E-state index contributed by atoms with van der Waals surface area (Å²) in [7, 11) is 3.28. The summed E-state index contributed by atoms with van der Waals surface area (Å²) >= 11 is 3.40. The van der Waals surface area contributed by atoms with Crippen LogP contribution in [0.3, 0.4) is 0 Å². The summed E-state index contributed by atoms with van der Waals surface area (Å²) in [5.74, 6) is 0.803. The number of benzene rings is 1. The van der Waals surface area contributed by atoms with Gasteiger partial charge in [-0.15, -0.1) is 0 Å². The molecule has 0 saturated heterocycles. The molecule has 0 aliphatic rings. The number of aliphatic carboxylic acids is 1. The zero-order valence-electron chi connectivity index (χ0n) is 10.7. The lowest BCUT2D eigenvalue weighted by atomic mass is 10.1. The Hall–Kier alpha value is -1.27. The largest absolute Gasteiger partial charge is 0.496 e. The van der Waals surface area contributed by atoms with Gasteiger partial charge in [0.2, 0.25) is 0 Å². The Bertz CT molecular complexity index is 392. The number of carbonyl (C=O) groups is 1. The molecule has 102 valence electrons. The number of methoxy groups -OCH3 is 2. The van der Waals surface area contributed by atoms with Crippen LogP contribution in [-0.4, -0.2) is 31.8 Å². The molecule has 3 N–H and O–H groups in total. The van der Waals surface area contributed by atoms with Crippen molar-refractivity contribution >= 4 is 21.9 Å². The van der Waals surface area contributed by atoms with Gasteiger partial charge in [-0.2, -0.15) is 0 Å². The average molecular weight is 320 g/mol. The second-order valence-corrected chi connectivity index (χ2v) is 4.21. The van der Waals surface area contributed by atoms with Gasteiger partial charge in [-0.25, -0.2) is 0 Å². The Labute approximate surface area is 115 Å². The van der Waals surface area contributed by atoms with Gasteiger partial charge >= 0.3 is 0 Å². The van der Waals surface area contributed by atoms with Crippen molar-refractivity contribution in [2.75, 3.05) is 20.8 Å². The van der Waals surface area contributed by atoms with E-state index in [4.69, 9.17) is 25.1 Å². The van der Waals surface area contributed by atoms with E-state index in [1.807, 2.05) is 12.1 Å². The van der Waals surface area contributed by atoms with E-state index in [2.05, 4.69) is 15.9 Å². The fourth-order valence-electron chi connectivity index (χ4n) is 1.27. The van der Waals surface area contributed by atoms with Crippen LogP contribution in [0.25, 0.3) is 0 Å². The number of ether oxygens (including phenoxy) is 2. The van der Waals surface area contributed by atoms with Gasteiger partial charge in [0, 0.05) is 6.92 Å². The first-order valence-electron chi connectivity index (χ1n) is 5.26. The number of hydrogen-bond acceptors (Lipinski definition) is 4. The first kappa shape index (κ1) is 16.7. The van der Waals surface area contributed by atoms with E-state index in [1.54, 1.807) is 14.2 Å². The molecular formula is C12H18BrNO4. The van der Waals surface area contributed by atoms with E-state index in [0.29, 0.717) is 6.54 Å². The maximum absolute atomic E-state index is 9.00. The third-order valence-corrected chi connectivity index (χ3v) is 2.59. The molecule has 0 aliphatic carbocycles. The second-order valence-electron chi connectivity index (χ2n) is 3.36. The summed E-state index contributed by atoms with van der Waals surface area (Å²) in [6, 6.07) is 3.83. The number of nitrogens with two attached hydrogens (primary N) is 1. The molecule has 0 amide bonds. The highest BCUT2D eigenvalue weighted by Crippen LogP contribution is 2.32. The molecule has 0 fully saturated rings. The smallest absolute Gasteiger partial charge is 0.300 e. The summed E-state index contributed by atoms with van der Waals surface area (Å²) in [6.45, 7) is 1.68. The maximum Gasteiger partial charge on any atom is 0.300 e. The number of rotatable bonds is 4. The van der Waals surface area contributed by atoms with E-state index in [9.17, 15) is 0 Å². The zero-order chi connectivity index (χ0) is 14.1. The van der Waals surface area contributed by atoms with Crippen molar-refractivity contribution in [3.63, 3.8) is 0 Å². The molecular weight excluding hydrogens is 302 g/mol. The monoisotopic (exact) mass is 319 g/mol. The van der Waals surface area contributed by atoms with Crippen molar-refractivity contribution in [2.45, 2.75) is 13.3 Å². The molecule has 0 aliphatic heterocycles. The minimum absolute atomic E-state index is 0.598. The molecule has 0 heterocycles. The lowest BCUT2D eigenvalue weighted by molar-refractivity contribution is -0.134. The van der Waals surface area contributed by atoms with Crippen LogP contribution in [0.2, 0.25) is 0 Å². The van der Waals surface area contributed by atoms with E-state index >= 15 is 0 Å². The molecule has 0 saturated carbocycles. The number of hydrogen-bond donors (Lipinski definition) is 2. The Morgan fingerprint density at radius 3 is 2.22 bits per heavy atom. The summed E-state index contributed by atoms with van der Waals surface area (Å²) in [4.78, 5) is 9.00. The highest BCUT2D eigenvalue weighted by molar-refractivity contribution is 9.10. The number of carboxylic acid groups (broad SMARTS) is 1. The van der Waals surface area contributed by atoms with Crippen molar-refractivity contribution in [3.8, 4) is 11.5 Å². The lowest BCUT2D eigenvalue weighted by Crippen LogP contribution is -2.04. The Morgan fingerprint density at radius 2 is 1.83 bits per heavy atom. The average Bonchev–Trinajstić information content (AvgIpc) is 2.30. The van der Waals surface area contributed by atoms with E-state index in [0.717, 1.165) is 34.9 Å². The first-order chi connectivity index (χ1) is 8.46. The van der Waals surface area contributed by atoms with Crippen LogP contribution in [0, 0.1) is 0 Å². The van der Waals surface area contributed by atoms with Gasteiger partial charge in [0.1, 0.15) is 11.5 Å². The van der Waals surface area contributed by atoms with Gasteiger partial charge in [0.15, 0.2) is 0 Å². The summed E-state index contributed by atoms with van der Waals surface area (Å²) in [5, 5.41) is 7.42. The summed E-state index contributed by atoms with van der Waals surface area (Å²) in [5.41, 5.74) is 6.57. The molecule has 5 nitrogen and oxygen atoms in total. The Kier molecular flexibility index (Phi) is 8.15. The first-order valence-corrected chi connectivity index (χ1v) is 6.05. The fourth-order valence-corrected chi connectivity index (χ4v) is 1.76. The van der Waals surface area contributed by atoms with Gasteiger partial charge < -0.3 is 20.3 Å². The van der Waals surface area contributed by atoms with Crippen molar-refractivity contribution < 1.29 is 19.4 Å². The van der Waals surface area contributed by atoms with Gasteiger partial charge in [-0.05, 0) is 46.6 Å². The number of halogens is 1. The van der Waals surface area contributed by atoms with Crippen LogP contribution < -0.4 is 15.2 Å². The van der Waals surface area contributed by atoms with E-state index in [1.165, 1.54) is 0 Å². The molecule has 1 rings (SSSR count). The third kappa shape index (κ3) is 5.88. The van der Waals surface area contributed by atoms with Gasteiger partial charge in [0.25, 0.3) is 5.97 Å². The molecule has 1 aromatic rings. The molecule has 1 aromatic carbocycles. The molecule has 0 atom stereocenters. The summed E-state index contributed by atoms with van der Waals surface area (Å²) < 4.78 is 11.3. The standard InChI is InChI=1S/C10H14BrNO2.C2H4O2/c1-13-9-6-8(11)10(14-2)5-7(9)3-4-12;1-2(3)4/h5-6H,3-4,12H2,1-2H3;1H3,(H,3,4). The maximum atomic E-state index is 9.00. The molecule has 0 aromatic heterocycles. The molecule has 0 unspecified atom stereocenters. The second kappa shape index (κ2) is 8.77. The highest BCUT2D eigenvalue weighted by Gasteiger charge is 2.08.